The molecule has 1 heterocycles. The first kappa shape index (κ1) is 27.6. The van der Waals surface area contributed by atoms with E-state index in [9.17, 15) is 9.59 Å². The number of benzene rings is 3. The van der Waals surface area contributed by atoms with Gasteiger partial charge in [-0.2, -0.15) is 0 Å². The predicted molar refractivity (Wildman–Crippen MR) is 163 cm³/mol. The zero-order chi connectivity index (χ0) is 27.7. The van der Waals surface area contributed by atoms with Crippen molar-refractivity contribution in [3.8, 4) is 11.3 Å². The molecule has 0 bridgehead atoms. The molecule has 40 heavy (non-hydrogen) atoms. The van der Waals surface area contributed by atoms with E-state index in [2.05, 4.69) is 34.6 Å². The maximum atomic E-state index is 14.0. The Morgan fingerprint density at radius 2 is 1.55 bits per heavy atom. The van der Waals surface area contributed by atoms with E-state index in [-0.39, 0.29) is 30.2 Å². The Morgan fingerprint density at radius 3 is 2.17 bits per heavy atom. The molecular formula is C33H36N4O2S. The predicted octanol–water partition coefficient (Wildman–Crippen LogP) is 6.94. The van der Waals surface area contributed by atoms with Gasteiger partial charge in [-0.3, -0.25) is 9.59 Å². The number of nitrogen functional groups attached to an aromatic ring is 1. The van der Waals surface area contributed by atoms with Gasteiger partial charge in [0.25, 0.3) is 0 Å². The SMILES string of the molecule is Nc1nc(-c2ccc(NC(=O)C[C@@H](Cc3ccccc3)N(Cc3ccccc3)C(=O)C3CCCCC3)cc2)cs1. The molecule has 1 atom stereocenters. The summed E-state index contributed by atoms with van der Waals surface area (Å²) in [5, 5.41) is 5.51. The van der Waals surface area contributed by atoms with Crippen LogP contribution in [-0.4, -0.2) is 27.7 Å². The summed E-state index contributed by atoms with van der Waals surface area (Å²) in [5.41, 5.74) is 10.4. The lowest BCUT2D eigenvalue weighted by atomic mass is 9.87. The molecule has 3 aromatic carbocycles. The molecule has 5 rings (SSSR count). The number of hydrogen-bond acceptors (Lipinski definition) is 5. The van der Waals surface area contributed by atoms with Crippen LogP contribution in [0, 0.1) is 5.92 Å². The van der Waals surface area contributed by atoms with Crippen LogP contribution in [0.15, 0.2) is 90.3 Å². The van der Waals surface area contributed by atoms with Gasteiger partial charge in [0.2, 0.25) is 11.8 Å². The number of amides is 2. The number of anilines is 2. The van der Waals surface area contributed by atoms with E-state index in [0.717, 1.165) is 48.1 Å². The molecule has 0 radical (unpaired) electrons. The topological polar surface area (TPSA) is 88.3 Å². The van der Waals surface area contributed by atoms with E-state index in [1.807, 2.05) is 70.9 Å². The fourth-order valence-electron chi connectivity index (χ4n) is 5.50. The van der Waals surface area contributed by atoms with E-state index in [4.69, 9.17) is 5.73 Å². The molecule has 0 aliphatic heterocycles. The molecule has 206 valence electrons. The number of nitrogens with two attached hydrogens (primary N) is 1. The maximum Gasteiger partial charge on any atom is 0.226 e. The number of nitrogens with zero attached hydrogens (tertiary/aromatic N) is 2. The normalized spacial score (nSPS) is 14.4. The molecule has 1 aliphatic rings. The van der Waals surface area contributed by atoms with Crippen LogP contribution >= 0.6 is 11.3 Å². The van der Waals surface area contributed by atoms with Crippen molar-refractivity contribution in [3.63, 3.8) is 0 Å². The minimum absolute atomic E-state index is 0.0195. The number of rotatable bonds is 10. The third-order valence-corrected chi connectivity index (χ3v) is 8.27. The summed E-state index contributed by atoms with van der Waals surface area (Å²) in [6.45, 7) is 0.492. The monoisotopic (exact) mass is 552 g/mol. The highest BCUT2D eigenvalue weighted by Crippen LogP contribution is 2.29. The fraction of sp³-hybridized carbons (Fsp3) is 0.303. The van der Waals surface area contributed by atoms with Crippen LogP contribution in [0.4, 0.5) is 10.8 Å². The van der Waals surface area contributed by atoms with Crippen molar-refractivity contribution < 1.29 is 9.59 Å². The third-order valence-electron chi connectivity index (χ3n) is 7.60. The highest BCUT2D eigenvalue weighted by Gasteiger charge is 2.32. The average Bonchev–Trinajstić information content (AvgIpc) is 3.43. The molecule has 2 amide bonds. The highest BCUT2D eigenvalue weighted by molar-refractivity contribution is 7.13. The van der Waals surface area contributed by atoms with E-state index in [1.165, 1.54) is 17.8 Å². The van der Waals surface area contributed by atoms with E-state index in [1.54, 1.807) is 0 Å². The van der Waals surface area contributed by atoms with Gasteiger partial charge in [-0.15, -0.1) is 11.3 Å². The van der Waals surface area contributed by atoms with Crippen molar-refractivity contribution >= 4 is 34.0 Å². The van der Waals surface area contributed by atoms with Crippen LogP contribution in [0.25, 0.3) is 11.3 Å². The second-order valence-corrected chi connectivity index (χ2v) is 11.4. The highest BCUT2D eigenvalue weighted by atomic mass is 32.1. The zero-order valence-electron chi connectivity index (χ0n) is 22.7. The molecular weight excluding hydrogens is 516 g/mol. The van der Waals surface area contributed by atoms with Gasteiger partial charge in [0, 0.05) is 41.6 Å². The number of nitrogens with one attached hydrogen (secondary N) is 1. The smallest absolute Gasteiger partial charge is 0.226 e. The van der Waals surface area contributed by atoms with Crippen LogP contribution in [-0.2, 0) is 22.6 Å². The quantitative estimate of drug-likeness (QED) is 0.223. The summed E-state index contributed by atoms with van der Waals surface area (Å²) in [6.07, 6.45) is 6.03. The molecule has 0 saturated heterocycles. The molecule has 1 aromatic heterocycles. The van der Waals surface area contributed by atoms with Gasteiger partial charge in [0.1, 0.15) is 0 Å². The largest absolute Gasteiger partial charge is 0.375 e. The lowest BCUT2D eigenvalue weighted by Gasteiger charge is -2.36. The summed E-state index contributed by atoms with van der Waals surface area (Å²) in [4.78, 5) is 33.8. The molecule has 1 aliphatic carbocycles. The fourth-order valence-corrected chi connectivity index (χ4v) is 6.07. The first-order valence-electron chi connectivity index (χ1n) is 14.0. The van der Waals surface area contributed by atoms with E-state index in [0.29, 0.717) is 23.8 Å². The maximum absolute atomic E-state index is 14.0. The number of thiazole rings is 1. The second-order valence-electron chi connectivity index (χ2n) is 10.5. The Hall–Kier alpha value is -3.97. The summed E-state index contributed by atoms with van der Waals surface area (Å²) in [5.74, 6) is 0.0800. The van der Waals surface area contributed by atoms with Gasteiger partial charge in [0.15, 0.2) is 5.13 Å². The molecule has 3 N–H and O–H groups in total. The molecule has 4 aromatic rings. The standard InChI is InChI=1S/C33H36N4O2S/c34-33-36-30(23-40-33)26-16-18-28(19-17-26)35-31(38)21-29(20-24-10-4-1-5-11-24)37(22-25-12-6-2-7-13-25)32(39)27-14-8-3-9-15-27/h1-2,4-7,10-13,16-19,23,27,29H,3,8-9,14-15,20-22H2,(H2,34,36)(H,35,38)/t29-/m1/s1. The van der Waals surface area contributed by atoms with Crippen molar-refractivity contribution in [1.29, 1.82) is 0 Å². The Labute approximate surface area is 240 Å². The van der Waals surface area contributed by atoms with Crippen LogP contribution in [0.3, 0.4) is 0 Å². The Morgan fingerprint density at radius 1 is 0.900 bits per heavy atom. The van der Waals surface area contributed by atoms with Gasteiger partial charge in [0.05, 0.1) is 5.69 Å². The van der Waals surface area contributed by atoms with Crippen molar-refractivity contribution in [2.45, 2.75) is 57.5 Å². The second kappa shape index (κ2) is 13.4. The molecule has 7 heteroatoms. The van der Waals surface area contributed by atoms with Crippen molar-refractivity contribution in [2.75, 3.05) is 11.1 Å². The summed E-state index contributed by atoms with van der Waals surface area (Å²) >= 11 is 1.40. The number of aromatic nitrogens is 1. The van der Waals surface area contributed by atoms with Crippen molar-refractivity contribution in [1.82, 2.24) is 9.88 Å². The molecule has 0 unspecified atom stereocenters. The number of carbonyl (C=O) groups is 2. The van der Waals surface area contributed by atoms with Crippen LogP contribution in [0.5, 0.6) is 0 Å². The van der Waals surface area contributed by atoms with Crippen LogP contribution < -0.4 is 11.1 Å². The van der Waals surface area contributed by atoms with Gasteiger partial charge < -0.3 is 16.0 Å². The average molecular weight is 553 g/mol. The van der Waals surface area contributed by atoms with Gasteiger partial charge in [-0.25, -0.2) is 4.98 Å². The number of hydrogen-bond donors (Lipinski definition) is 2. The Bertz CT molecular complexity index is 1380. The lowest BCUT2D eigenvalue weighted by Crippen LogP contribution is -2.46. The van der Waals surface area contributed by atoms with Crippen LogP contribution in [0.2, 0.25) is 0 Å². The molecule has 1 fully saturated rings. The zero-order valence-corrected chi connectivity index (χ0v) is 23.5. The van der Waals surface area contributed by atoms with Crippen molar-refractivity contribution in [2.24, 2.45) is 5.92 Å². The van der Waals surface area contributed by atoms with Gasteiger partial charge in [-0.05, 0) is 42.5 Å². The molecule has 1 saturated carbocycles. The first-order valence-corrected chi connectivity index (χ1v) is 14.9. The van der Waals surface area contributed by atoms with Gasteiger partial charge >= 0.3 is 0 Å². The van der Waals surface area contributed by atoms with E-state index < -0.39 is 0 Å². The van der Waals surface area contributed by atoms with Gasteiger partial charge in [-0.1, -0.05) is 92.1 Å². The summed E-state index contributed by atoms with van der Waals surface area (Å²) < 4.78 is 0. The number of carbonyl (C=O) groups excluding carboxylic acids is 2. The molecule has 0 spiro atoms. The van der Waals surface area contributed by atoms with E-state index >= 15 is 0 Å². The lowest BCUT2D eigenvalue weighted by molar-refractivity contribution is -0.140. The first-order chi connectivity index (χ1) is 19.5. The van der Waals surface area contributed by atoms with Crippen molar-refractivity contribution in [3.05, 3.63) is 101 Å². The molecule has 6 nitrogen and oxygen atoms in total. The van der Waals surface area contributed by atoms with Crippen LogP contribution in [0.1, 0.15) is 49.7 Å². The summed E-state index contributed by atoms with van der Waals surface area (Å²) in [7, 11) is 0. The Kier molecular flexibility index (Phi) is 9.24. The minimum Gasteiger partial charge on any atom is -0.375 e. The summed E-state index contributed by atoms with van der Waals surface area (Å²) in [6, 6.07) is 27.6. The minimum atomic E-state index is -0.269. The third kappa shape index (κ3) is 7.36. The Balaban J connectivity index is 1.37.